The van der Waals surface area contributed by atoms with Crippen molar-refractivity contribution in [2.24, 2.45) is 0 Å². The van der Waals surface area contributed by atoms with Crippen molar-refractivity contribution >= 4 is 11.8 Å². The van der Waals surface area contributed by atoms with Crippen LogP contribution < -0.4 is 5.32 Å². The number of rotatable bonds is 4. The maximum absolute atomic E-state index is 12.6. The number of carbonyl (C=O) groups is 2. The lowest BCUT2D eigenvalue weighted by Gasteiger charge is -2.35. The van der Waals surface area contributed by atoms with E-state index in [9.17, 15) is 9.59 Å². The highest BCUT2D eigenvalue weighted by Gasteiger charge is 2.49. The predicted octanol–water partition coefficient (Wildman–Crippen LogP) is 2.01. The molecule has 0 radical (unpaired) electrons. The minimum absolute atomic E-state index is 0.0982. The fraction of sp³-hybridized carbons (Fsp3) is 0.389. The summed E-state index contributed by atoms with van der Waals surface area (Å²) in [6.07, 6.45) is 1.74. The number of benzene rings is 1. The molecule has 1 saturated heterocycles. The smallest absolute Gasteiger partial charge is 0.246 e. The summed E-state index contributed by atoms with van der Waals surface area (Å²) in [4.78, 5) is 26.2. The second-order valence-corrected chi connectivity index (χ2v) is 6.11. The highest BCUT2D eigenvalue weighted by Crippen LogP contribution is 2.34. The van der Waals surface area contributed by atoms with Crippen molar-refractivity contribution in [3.8, 4) is 11.3 Å². The lowest BCUT2D eigenvalue weighted by Crippen LogP contribution is -2.57. The molecule has 0 saturated carbocycles. The summed E-state index contributed by atoms with van der Waals surface area (Å²) in [7, 11) is 1.59. The standard InChI is InChI=1S/C18H21N3O3/c1-13(22)21-10-6-9-18(21,17(23)19-2)12-15-11-16(20-24-15)14-7-4-3-5-8-14/h3-5,7-8,11H,6,9-10,12H2,1-2H3,(H,19,23). The Hall–Kier alpha value is -2.63. The fourth-order valence-corrected chi connectivity index (χ4v) is 3.50. The van der Waals surface area contributed by atoms with Crippen molar-refractivity contribution in [2.75, 3.05) is 13.6 Å². The van der Waals surface area contributed by atoms with Gasteiger partial charge in [0.2, 0.25) is 11.8 Å². The van der Waals surface area contributed by atoms with Crippen LogP contribution in [-0.4, -0.2) is 41.0 Å². The minimum Gasteiger partial charge on any atom is -0.361 e. The molecule has 0 aliphatic carbocycles. The molecule has 0 bridgehead atoms. The van der Waals surface area contributed by atoms with E-state index < -0.39 is 5.54 Å². The van der Waals surface area contributed by atoms with Crippen LogP contribution in [0, 0.1) is 0 Å². The van der Waals surface area contributed by atoms with Gasteiger partial charge in [-0.15, -0.1) is 0 Å². The second kappa shape index (κ2) is 6.47. The Balaban J connectivity index is 1.90. The maximum atomic E-state index is 12.6. The third kappa shape index (κ3) is 2.79. The van der Waals surface area contributed by atoms with E-state index in [4.69, 9.17) is 4.52 Å². The van der Waals surface area contributed by atoms with Gasteiger partial charge in [-0.2, -0.15) is 0 Å². The van der Waals surface area contributed by atoms with Gasteiger partial charge in [0.15, 0.2) is 0 Å². The van der Waals surface area contributed by atoms with Gasteiger partial charge >= 0.3 is 0 Å². The molecule has 1 aliphatic heterocycles. The topological polar surface area (TPSA) is 75.4 Å². The Morgan fingerprint density at radius 1 is 1.33 bits per heavy atom. The summed E-state index contributed by atoms with van der Waals surface area (Å²) in [5.74, 6) is 0.345. The molecule has 6 nitrogen and oxygen atoms in total. The molecular formula is C18H21N3O3. The van der Waals surface area contributed by atoms with E-state index in [-0.39, 0.29) is 11.8 Å². The monoisotopic (exact) mass is 327 g/mol. The molecular weight excluding hydrogens is 306 g/mol. The summed E-state index contributed by atoms with van der Waals surface area (Å²) >= 11 is 0. The van der Waals surface area contributed by atoms with E-state index in [1.807, 2.05) is 36.4 Å². The van der Waals surface area contributed by atoms with Gasteiger partial charge in [-0.05, 0) is 12.8 Å². The number of likely N-dealkylation sites (N-methyl/N-ethyl adjacent to an activating group) is 1. The summed E-state index contributed by atoms with van der Waals surface area (Å²) in [6.45, 7) is 2.08. The lowest BCUT2D eigenvalue weighted by molar-refractivity contribution is -0.143. The zero-order valence-electron chi connectivity index (χ0n) is 13.9. The van der Waals surface area contributed by atoms with Crippen molar-refractivity contribution in [2.45, 2.75) is 31.7 Å². The molecule has 2 amide bonds. The molecule has 1 unspecified atom stereocenters. The molecule has 6 heteroatoms. The number of likely N-dealkylation sites (tertiary alicyclic amines) is 1. The SMILES string of the molecule is CNC(=O)C1(Cc2cc(-c3ccccc3)no2)CCCN1C(C)=O. The molecule has 1 fully saturated rings. The number of carbonyl (C=O) groups excluding carboxylic acids is 2. The Labute approximate surface area is 140 Å². The van der Waals surface area contributed by atoms with Crippen molar-refractivity contribution in [1.82, 2.24) is 15.4 Å². The second-order valence-electron chi connectivity index (χ2n) is 6.11. The first-order chi connectivity index (χ1) is 11.6. The van der Waals surface area contributed by atoms with Gasteiger partial charge in [-0.25, -0.2) is 0 Å². The van der Waals surface area contributed by atoms with Gasteiger partial charge in [0.25, 0.3) is 0 Å². The Morgan fingerprint density at radius 2 is 2.08 bits per heavy atom. The number of amides is 2. The summed E-state index contributed by atoms with van der Waals surface area (Å²) in [5, 5.41) is 6.80. The number of aromatic nitrogens is 1. The van der Waals surface area contributed by atoms with E-state index in [0.717, 1.165) is 17.7 Å². The highest BCUT2D eigenvalue weighted by atomic mass is 16.5. The normalized spacial score (nSPS) is 20.2. The number of nitrogens with one attached hydrogen (secondary N) is 1. The van der Waals surface area contributed by atoms with Crippen LogP contribution in [0.25, 0.3) is 11.3 Å². The van der Waals surface area contributed by atoms with Crippen LogP contribution >= 0.6 is 0 Å². The molecule has 1 N–H and O–H groups in total. The Morgan fingerprint density at radius 3 is 2.75 bits per heavy atom. The molecule has 1 aromatic heterocycles. The van der Waals surface area contributed by atoms with Crippen molar-refractivity contribution in [3.05, 3.63) is 42.2 Å². The molecule has 2 aromatic rings. The minimum atomic E-state index is -0.895. The fourth-order valence-electron chi connectivity index (χ4n) is 3.50. The van der Waals surface area contributed by atoms with E-state index in [1.165, 1.54) is 6.92 Å². The molecule has 2 heterocycles. The van der Waals surface area contributed by atoms with Crippen LogP contribution in [0.5, 0.6) is 0 Å². The maximum Gasteiger partial charge on any atom is 0.246 e. The van der Waals surface area contributed by atoms with Gasteiger partial charge in [-0.1, -0.05) is 35.5 Å². The van der Waals surface area contributed by atoms with Crippen LogP contribution in [0.15, 0.2) is 40.9 Å². The lowest BCUT2D eigenvalue weighted by atomic mass is 9.89. The Bertz CT molecular complexity index is 741. The van der Waals surface area contributed by atoms with E-state index >= 15 is 0 Å². The first-order valence-corrected chi connectivity index (χ1v) is 8.08. The van der Waals surface area contributed by atoms with Gasteiger partial charge in [-0.3, -0.25) is 9.59 Å². The van der Waals surface area contributed by atoms with E-state index in [1.54, 1.807) is 11.9 Å². The average molecular weight is 327 g/mol. The van der Waals surface area contributed by atoms with Crippen molar-refractivity contribution in [3.63, 3.8) is 0 Å². The Kier molecular flexibility index (Phi) is 4.38. The highest BCUT2D eigenvalue weighted by molar-refractivity contribution is 5.91. The zero-order chi connectivity index (χ0) is 17.2. The molecule has 1 aliphatic rings. The molecule has 1 atom stereocenters. The number of hydrogen-bond acceptors (Lipinski definition) is 4. The van der Waals surface area contributed by atoms with Crippen LogP contribution in [0.2, 0.25) is 0 Å². The largest absolute Gasteiger partial charge is 0.361 e. The summed E-state index contributed by atoms with van der Waals surface area (Å²) in [6, 6.07) is 11.6. The molecule has 126 valence electrons. The molecule has 24 heavy (non-hydrogen) atoms. The van der Waals surface area contributed by atoms with E-state index in [2.05, 4.69) is 10.5 Å². The van der Waals surface area contributed by atoms with Gasteiger partial charge in [0.05, 0.1) is 0 Å². The first kappa shape index (κ1) is 16.2. The number of hydrogen-bond donors (Lipinski definition) is 1. The predicted molar refractivity (Wildman–Crippen MR) is 89.1 cm³/mol. The van der Waals surface area contributed by atoms with Gasteiger partial charge in [0.1, 0.15) is 17.0 Å². The van der Waals surface area contributed by atoms with Crippen molar-refractivity contribution < 1.29 is 14.1 Å². The van der Waals surface area contributed by atoms with Crippen molar-refractivity contribution in [1.29, 1.82) is 0 Å². The van der Waals surface area contributed by atoms with Crippen LogP contribution in [0.1, 0.15) is 25.5 Å². The summed E-state index contributed by atoms with van der Waals surface area (Å²) in [5.41, 5.74) is 0.787. The van der Waals surface area contributed by atoms with Crippen LogP contribution in [0.3, 0.4) is 0 Å². The van der Waals surface area contributed by atoms with Gasteiger partial charge in [0, 0.05) is 38.6 Å². The third-order valence-corrected chi connectivity index (χ3v) is 4.61. The average Bonchev–Trinajstić information content (AvgIpc) is 3.23. The van der Waals surface area contributed by atoms with Gasteiger partial charge < -0.3 is 14.7 Å². The van der Waals surface area contributed by atoms with Crippen LogP contribution in [0.4, 0.5) is 0 Å². The molecule has 3 rings (SSSR count). The molecule has 0 spiro atoms. The molecule has 1 aromatic carbocycles. The third-order valence-electron chi connectivity index (χ3n) is 4.61. The van der Waals surface area contributed by atoms with E-state index in [0.29, 0.717) is 25.1 Å². The van der Waals surface area contributed by atoms with Crippen LogP contribution in [-0.2, 0) is 16.0 Å². The first-order valence-electron chi connectivity index (χ1n) is 8.08. The zero-order valence-corrected chi connectivity index (χ0v) is 13.9. The summed E-state index contributed by atoms with van der Waals surface area (Å²) < 4.78 is 5.46. The quantitative estimate of drug-likeness (QED) is 0.932. The number of nitrogens with zero attached hydrogens (tertiary/aromatic N) is 2.